The highest BCUT2D eigenvalue weighted by Crippen LogP contribution is 2.12. The number of nitrogens with two attached hydrogens (primary N) is 1. The van der Waals surface area contributed by atoms with E-state index in [2.05, 4.69) is 14.9 Å². The Morgan fingerprint density at radius 2 is 2.11 bits per heavy atom. The van der Waals surface area contributed by atoms with Gasteiger partial charge in [-0.25, -0.2) is 4.98 Å². The first-order chi connectivity index (χ1) is 9.22. The molecule has 2 rings (SSSR count). The van der Waals surface area contributed by atoms with E-state index in [9.17, 15) is 4.79 Å². The SMILES string of the molecule is CCC[C@@H](N)C(=O)N1CCN(c2cnccn2)CC1. The van der Waals surface area contributed by atoms with Gasteiger partial charge in [0.15, 0.2) is 0 Å². The Bertz CT molecular complexity index is 403. The highest BCUT2D eigenvalue weighted by atomic mass is 16.2. The van der Waals surface area contributed by atoms with Gasteiger partial charge in [0.2, 0.25) is 5.91 Å². The Morgan fingerprint density at radius 3 is 2.68 bits per heavy atom. The second kappa shape index (κ2) is 6.47. The van der Waals surface area contributed by atoms with Gasteiger partial charge in [0, 0.05) is 38.6 Å². The minimum Gasteiger partial charge on any atom is -0.352 e. The van der Waals surface area contributed by atoms with Crippen molar-refractivity contribution in [2.24, 2.45) is 5.73 Å². The fraction of sp³-hybridized carbons (Fsp3) is 0.615. The average Bonchev–Trinajstić information content (AvgIpc) is 2.48. The normalized spacial score (nSPS) is 17.4. The van der Waals surface area contributed by atoms with E-state index in [0.717, 1.165) is 31.7 Å². The van der Waals surface area contributed by atoms with Crippen molar-refractivity contribution < 1.29 is 4.79 Å². The van der Waals surface area contributed by atoms with E-state index < -0.39 is 0 Å². The van der Waals surface area contributed by atoms with Gasteiger partial charge >= 0.3 is 0 Å². The van der Waals surface area contributed by atoms with Crippen LogP contribution in [0.2, 0.25) is 0 Å². The van der Waals surface area contributed by atoms with Crippen LogP contribution in [0.15, 0.2) is 18.6 Å². The molecule has 1 saturated heterocycles. The first-order valence-electron chi connectivity index (χ1n) is 6.77. The standard InChI is InChI=1S/C13H21N5O/c1-2-3-11(14)13(19)18-8-6-17(7-9-18)12-10-15-4-5-16-12/h4-5,10-11H,2-3,6-9,14H2,1H3/t11-/m1/s1. The molecule has 0 aliphatic carbocycles. The molecule has 1 aromatic heterocycles. The number of hydrogen-bond acceptors (Lipinski definition) is 5. The molecular formula is C13H21N5O. The lowest BCUT2D eigenvalue weighted by molar-refractivity contribution is -0.133. The van der Waals surface area contributed by atoms with Gasteiger partial charge in [-0.15, -0.1) is 0 Å². The summed E-state index contributed by atoms with van der Waals surface area (Å²) < 4.78 is 0. The summed E-state index contributed by atoms with van der Waals surface area (Å²) in [4.78, 5) is 24.4. The molecule has 19 heavy (non-hydrogen) atoms. The van der Waals surface area contributed by atoms with Gasteiger partial charge in [0.25, 0.3) is 0 Å². The monoisotopic (exact) mass is 263 g/mol. The van der Waals surface area contributed by atoms with Gasteiger partial charge in [-0.3, -0.25) is 9.78 Å². The largest absolute Gasteiger partial charge is 0.352 e. The molecule has 2 heterocycles. The summed E-state index contributed by atoms with van der Waals surface area (Å²) in [6.07, 6.45) is 6.78. The van der Waals surface area contributed by atoms with Gasteiger partial charge in [-0.2, -0.15) is 0 Å². The molecule has 6 nitrogen and oxygen atoms in total. The van der Waals surface area contributed by atoms with Crippen LogP contribution in [0.1, 0.15) is 19.8 Å². The molecule has 1 aliphatic rings. The van der Waals surface area contributed by atoms with E-state index in [1.165, 1.54) is 0 Å². The summed E-state index contributed by atoms with van der Waals surface area (Å²) in [6, 6.07) is -0.354. The summed E-state index contributed by atoms with van der Waals surface area (Å²) in [6.45, 7) is 5.01. The first-order valence-corrected chi connectivity index (χ1v) is 6.77. The van der Waals surface area contributed by atoms with Gasteiger partial charge in [-0.1, -0.05) is 13.3 Å². The maximum absolute atomic E-state index is 12.1. The van der Waals surface area contributed by atoms with E-state index in [-0.39, 0.29) is 11.9 Å². The van der Waals surface area contributed by atoms with Crippen molar-refractivity contribution in [1.82, 2.24) is 14.9 Å². The van der Waals surface area contributed by atoms with E-state index in [4.69, 9.17) is 5.73 Å². The maximum atomic E-state index is 12.1. The second-order valence-corrected chi connectivity index (χ2v) is 4.77. The predicted molar refractivity (Wildman–Crippen MR) is 73.7 cm³/mol. The number of amides is 1. The number of anilines is 1. The molecule has 1 atom stereocenters. The highest BCUT2D eigenvalue weighted by molar-refractivity contribution is 5.81. The highest BCUT2D eigenvalue weighted by Gasteiger charge is 2.25. The first kappa shape index (κ1) is 13.7. The minimum absolute atomic E-state index is 0.0700. The van der Waals surface area contributed by atoms with Gasteiger partial charge in [-0.05, 0) is 6.42 Å². The number of carbonyl (C=O) groups excluding carboxylic acids is 1. The van der Waals surface area contributed by atoms with Crippen LogP contribution in [0.5, 0.6) is 0 Å². The molecule has 0 aromatic carbocycles. The summed E-state index contributed by atoms with van der Waals surface area (Å²) >= 11 is 0. The van der Waals surface area contributed by atoms with Crippen LogP contribution in [0, 0.1) is 0 Å². The van der Waals surface area contributed by atoms with Gasteiger partial charge in [0.05, 0.1) is 12.2 Å². The van der Waals surface area contributed by atoms with Crippen molar-refractivity contribution in [3.05, 3.63) is 18.6 Å². The van der Waals surface area contributed by atoms with Crippen LogP contribution in [-0.4, -0.2) is 53.0 Å². The van der Waals surface area contributed by atoms with Crippen LogP contribution in [-0.2, 0) is 4.79 Å². The molecule has 104 valence electrons. The molecule has 1 aromatic rings. The second-order valence-electron chi connectivity index (χ2n) is 4.77. The summed E-state index contributed by atoms with van der Waals surface area (Å²) in [5, 5.41) is 0. The molecule has 2 N–H and O–H groups in total. The lowest BCUT2D eigenvalue weighted by Crippen LogP contribution is -2.53. The van der Waals surface area contributed by atoms with Crippen molar-refractivity contribution in [1.29, 1.82) is 0 Å². The topological polar surface area (TPSA) is 75.4 Å². The molecule has 0 bridgehead atoms. The Morgan fingerprint density at radius 1 is 1.37 bits per heavy atom. The van der Waals surface area contributed by atoms with Crippen LogP contribution in [0.3, 0.4) is 0 Å². The molecule has 0 saturated carbocycles. The van der Waals surface area contributed by atoms with Crippen molar-refractivity contribution in [3.63, 3.8) is 0 Å². The number of carbonyl (C=O) groups is 1. The number of hydrogen-bond donors (Lipinski definition) is 1. The zero-order chi connectivity index (χ0) is 13.7. The van der Waals surface area contributed by atoms with Gasteiger partial charge < -0.3 is 15.5 Å². The van der Waals surface area contributed by atoms with E-state index in [0.29, 0.717) is 13.1 Å². The third-order valence-electron chi connectivity index (χ3n) is 3.38. The lowest BCUT2D eigenvalue weighted by Gasteiger charge is -2.36. The number of nitrogens with zero attached hydrogens (tertiary/aromatic N) is 4. The van der Waals surface area contributed by atoms with Crippen LogP contribution >= 0.6 is 0 Å². The quantitative estimate of drug-likeness (QED) is 0.843. The zero-order valence-corrected chi connectivity index (χ0v) is 11.3. The lowest BCUT2D eigenvalue weighted by atomic mass is 10.1. The smallest absolute Gasteiger partial charge is 0.239 e. The van der Waals surface area contributed by atoms with Crippen LogP contribution in [0.25, 0.3) is 0 Å². The molecule has 0 spiro atoms. The molecule has 1 fully saturated rings. The minimum atomic E-state index is -0.354. The Kier molecular flexibility index (Phi) is 4.68. The molecule has 1 amide bonds. The zero-order valence-electron chi connectivity index (χ0n) is 11.3. The van der Waals surface area contributed by atoms with Gasteiger partial charge in [0.1, 0.15) is 5.82 Å². The average molecular weight is 263 g/mol. The summed E-state index contributed by atoms with van der Waals surface area (Å²) in [7, 11) is 0. The fourth-order valence-corrected chi connectivity index (χ4v) is 2.28. The Hall–Kier alpha value is -1.69. The van der Waals surface area contributed by atoms with E-state index in [1.54, 1.807) is 18.6 Å². The third-order valence-corrected chi connectivity index (χ3v) is 3.38. The maximum Gasteiger partial charge on any atom is 0.239 e. The number of rotatable bonds is 4. The third kappa shape index (κ3) is 3.41. The molecule has 6 heteroatoms. The molecule has 0 radical (unpaired) electrons. The van der Waals surface area contributed by atoms with Crippen LogP contribution < -0.4 is 10.6 Å². The fourth-order valence-electron chi connectivity index (χ4n) is 2.28. The Labute approximate surface area is 113 Å². The molecule has 1 aliphatic heterocycles. The van der Waals surface area contributed by atoms with Crippen molar-refractivity contribution >= 4 is 11.7 Å². The van der Waals surface area contributed by atoms with Crippen molar-refractivity contribution in [2.75, 3.05) is 31.1 Å². The summed E-state index contributed by atoms with van der Waals surface area (Å²) in [5.41, 5.74) is 5.88. The molecule has 0 unspecified atom stereocenters. The molecular weight excluding hydrogens is 242 g/mol. The number of aromatic nitrogens is 2. The van der Waals surface area contributed by atoms with Crippen molar-refractivity contribution in [3.8, 4) is 0 Å². The number of piperazine rings is 1. The Balaban J connectivity index is 1.87. The summed E-state index contributed by atoms with van der Waals surface area (Å²) in [5.74, 6) is 0.938. The van der Waals surface area contributed by atoms with E-state index >= 15 is 0 Å². The van der Waals surface area contributed by atoms with Crippen molar-refractivity contribution in [2.45, 2.75) is 25.8 Å². The van der Waals surface area contributed by atoms with E-state index in [1.807, 2.05) is 11.8 Å². The van der Waals surface area contributed by atoms with Crippen LogP contribution in [0.4, 0.5) is 5.82 Å². The predicted octanol–water partition coefficient (Wildman–Crippen LogP) is 0.253.